The first-order valence-electron chi connectivity index (χ1n) is 5.93. The monoisotopic (exact) mass is 221 g/mol. The van der Waals surface area contributed by atoms with E-state index in [1.165, 1.54) is 11.3 Å². The average Bonchev–Trinajstić information content (AvgIpc) is 2.35. The predicted molar refractivity (Wildman–Crippen MR) is 62.1 cm³/mol. The molecule has 0 radical (unpaired) electrons. The SMILES string of the molecule is CCCC(OC)c1ncc2c(n1)CCNC2. The summed E-state index contributed by atoms with van der Waals surface area (Å²) in [6.07, 6.45) is 5.04. The molecule has 88 valence electrons. The van der Waals surface area contributed by atoms with E-state index in [2.05, 4.69) is 22.2 Å². The molecule has 0 amide bonds. The van der Waals surface area contributed by atoms with E-state index in [0.29, 0.717) is 0 Å². The number of ether oxygens (including phenoxy) is 1. The van der Waals surface area contributed by atoms with Crippen molar-refractivity contribution in [2.75, 3.05) is 13.7 Å². The molecule has 0 saturated carbocycles. The Bertz CT molecular complexity index is 354. The van der Waals surface area contributed by atoms with E-state index in [9.17, 15) is 0 Å². The lowest BCUT2D eigenvalue weighted by Gasteiger charge is -2.19. The topological polar surface area (TPSA) is 47.0 Å². The van der Waals surface area contributed by atoms with E-state index < -0.39 is 0 Å². The Balaban J connectivity index is 2.21. The van der Waals surface area contributed by atoms with Gasteiger partial charge in [0.1, 0.15) is 6.10 Å². The number of nitrogens with zero attached hydrogens (tertiary/aromatic N) is 2. The van der Waals surface area contributed by atoms with Crippen LogP contribution in [0.1, 0.15) is 43.0 Å². The summed E-state index contributed by atoms with van der Waals surface area (Å²) in [5.41, 5.74) is 2.41. The zero-order valence-corrected chi connectivity index (χ0v) is 9.99. The van der Waals surface area contributed by atoms with Crippen LogP contribution in [0.3, 0.4) is 0 Å². The molecule has 2 rings (SSSR count). The molecule has 0 spiro atoms. The van der Waals surface area contributed by atoms with Crippen molar-refractivity contribution in [3.05, 3.63) is 23.3 Å². The maximum absolute atomic E-state index is 5.43. The highest BCUT2D eigenvalue weighted by Crippen LogP contribution is 2.20. The summed E-state index contributed by atoms with van der Waals surface area (Å²) in [6, 6.07) is 0. The molecule has 16 heavy (non-hydrogen) atoms. The molecule has 0 aliphatic carbocycles. The number of rotatable bonds is 4. The van der Waals surface area contributed by atoms with Gasteiger partial charge in [-0.25, -0.2) is 9.97 Å². The van der Waals surface area contributed by atoms with Crippen molar-refractivity contribution in [3.63, 3.8) is 0 Å². The van der Waals surface area contributed by atoms with Gasteiger partial charge in [0.25, 0.3) is 0 Å². The van der Waals surface area contributed by atoms with Crippen molar-refractivity contribution in [2.24, 2.45) is 0 Å². The smallest absolute Gasteiger partial charge is 0.157 e. The Hall–Kier alpha value is -1.00. The first-order chi connectivity index (χ1) is 7.85. The lowest BCUT2D eigenvalue weighted by Crippen LogP contribution is -2.25. The van der Waals surface area contributed by atoms with Gasteiger partial charge in [0.15, 0.2) is 5.82 Å². The molecule has 2 heterocycles. The van der Waals surface area contributed by atoms with Gasteiger partial charge in [-0.15, -0.1) is 0 Å². The highest BCUT2D eigenvalue weighted by Gasteiger charge is 2.16. The van der Waals surface area contributed by atoms with Crippen LogP contribution in [0.15, 0.2) is 6.20 Å². The third-order valence-electron chi connectivity index (χ3n) is 2.95. The molecule has 0 aromatic carbocycles. The standard InChI is InChI=1S/C12H19N3O/c1-3-4-11(16-2)12-14-8-9-7-13-6-5-10(9)15-12/h8,11,13H,3-7H2,1-2H3. The van der Waals surface area contributed by atoms with Crippen LogP contribution >= 0.6 is 0 Å². The third kappa shape index (κ3) is 2.39. The Morgan fingerprint density at radius 2 is 2.44 bits per heavy atom. The minimum absolute atomic E-state index is 0.0465. The molecule has 0 bridgehead atoms. The maximum Gasteiger partial charge on any atom is 0.157 e. The largest absolute Gasteiger partial charge is 0.373 e. The second-order valence-electron chi connectivity index (χ2n) is 4.14. The minimum Gasteiger partial charge on any atom is -0.373 e. The van der Waals surface area contributed by atoms with E-state index in [4.69, 9.17) is 4.74 Å². The maximum atomic E-state index is 5.43. The van der Waals surface area contributed by atoms with Crippen molar-refractivity contribution >= 4 is 0 Å². The second kappa shape index (κ2) is 5.37. The van der Waals surface area contributed by atoms with E-state index in [0.717, 1.165) is 38.2 Å². The summed E-state index contributed by atoms with van der Waals surface area (Å²) in [5, 5.41) is 3.32. The first-order valence-corrected chi connectivity index (χ1v) is 5.93. The molecule has 1 unspecified atom stereocenters. The minimum atomic E-state index is 0.0465. The molecule has 0 saturated heterocycles. The molecule has 1 aromatic rings. The van der Waals surface area contributed by atoms with Crippen LogP contribution in [-0.2, 0) is 17.7 Å². The van der Waals surface area contributed by atoms with Gasteiger partial charge in [-0.1, -0.05) is 13.3 Å². The molecule has 1 aromatic heterocycles. The van der Waals surface area contributed by atoms with E-state index in [1.54, 1.807) is 7.11 Å². The predicted octanol–water partition coefficient (Wildman–Crippen LogP) is 1.61. The van der Waals surface area contributed by atoms with Gasteiger partial charge >= 0.3 is 0 Å². The Morgan fingerprint density at radius 1 is 1.56 bits per heavy atom. The van der Waals surface area contributed by atoms with Gasteiger partial charge in [0, 0.05) is 44.1 Å². The van der Waals surface area contributed by atoms with Gasteiger partial charge in [-0.3, -0.25) is 0 Å². The molecular formula is C12H19N3O. The fourth-order valence-corrected chi connectivity index (χ4v) is 2.02. The van der Waals surface area contributed by atoms with Gasteiger partial charge in [0.05, 0.1) is 0 Å². The van der Waals surface area contributed by atoms with Crippen molar-refractivity contribution in [3.8, 4) is 0 Å². The van der Waals surface area contributed by atoms with Crippen LogP contribution < -0.4 is 5.32 Å². The lowest BCUT2D eigenvalue weighted by molar-refractivity contribution is 0.0873. The average molecular weight is 221 g/mol. The summed E-state index contributed by atoms with van der Waals surface area (Å²) in [7, 11) is 1.73. The molecule has 1 N–H and O–H groups in total. The summed E-state index contributed by atoms with van der Waals surface area (Å²) >= 11 is 0. The van der Waals surface area contributed by atoms with Gasteiger partial charge in [-0.05, 0) is 6.42 Å². The van der Waals surface area contributed by atoms with Crippen LogP contribution in [0, 0.1) is 0 Å². The molecular weight excluding hydrogens is 202 g/mol. The Kier molecular flexibility index (Phi) is 3.85. The normalized spacial score (nSPS) is 16.9. The van der Waals surface area contributed by atoms with Crippen LogP contribution in [-0.4, -0.2) is 23.6 Å². The van der Waals surface area contributed by atoms with Crippen LogP contribution in [0.25, 0.3) is 0 Å². The summed E-state index contributed by atoms with van der Waals surface area (Å²) in [4.78, 5) is 9.03. The summed E-state index contributed by atoms with van der Waals surface area (Å²) < 4.78 is 5.43. The zero-order valence-electron chi connectivity index (χ0n) is 9.99. The molecule has 4 heteroatoms. The van der Waals surface area contributed by atoms with Gasteiger partial charge < -0.3 is 10.1 Å². The third-order valence-corrected chi connectivity index (χ3v) is 2.95. The molecule has 4 nitrogen and oxygen atoms in total. The van der Waals surface area contributed by atoms with Crippen molar-refractivity contribution < 1.29 is 4.74 Å². The summed E-state index contributed by atoms with van der Waals surface area (Å²) in [5.74, 6) is 0.838. The number of methoxy groups -OCH3 is 1. The quantitative estimate of drug-likeness (QED) is 0.839. The Morgan fingerprint density at radius 3 is 3.19 bits per heavy atom. The first kappa shape index (κ1) is 11.5. The molecule has 1 aliphatic heterocycles. The second-order valence-corrected chi connectivity index (χ2v) is 4.14. The number of hydrogen-bond acceptors (Lipinski definition) is 4. The van der Waals surface area contributed by atoms with E-state index in [-0.39, 0.29) is 6.10 Å². The van der Waals surface area contributed by atoms with Gasteiger partial charge in [-0.2, -0.15) is 0 Å². The Labute approximate surface area is 96.4 Å². The number of hydrogen-bond donors (Lipinski definition) is 1. The molecule has 1 aliphatic rings. The van der Waals surface area contributed by atoms with Crippen molar-refractivity contribution in [1.29, 1.82) is 0 Å². The van der Waals surface area contributed by atoms with Crippen molar-refractivity contribution in [2.45, 2.75) is 38.8 Å². The van der Waals surface area contributed by atoms with Gasteiger partial charge in [0.2, 0.25) is 0 Å². The van der Waals surface area contributed by atoms with Crippen LogP contribution in [0.4, 0.5) is 0 Å². The number of fused-ring (bicyclic) bond motifs is 1. The fourth-order valence-electron chi connectivity index (χ4n) is 2.02. The number of aromatic nitrogens is 2. The van der Waals surface area contributed by atoms with E-state index >= 15 is 0 Å². The molecule has 1 atom stereocenters. The lowest BCUT2D eigenvalue weighted by atomic mass is 10.1. The van der Waals surface area contributed by atoms with Crippen LogP contribution in [0.5, 0.6) is 0 Å². The highest BCUT2D eigenvalue weighted by molar-refractivity contribution is 5.20. The number of nitrogens with one attached hydrogen (secondary N) is 1. The van der Waals surface area contributed by atoms with E-state index in [1.807, 2.05) is 6.20 Å². The fraction of sp³-hybridized carbons (Fsp3) is 0.667. The van der Waals surface area contributed by atoms with Crippen molar-refractivity contribution in [1.82, 2.24) is 15.3 Å². The molecule has 0 fully saturated rings. The highest BCUT2D eigenvalue weighted by atomic mass is 16.5. The summed E-state index contributed by atoms with van der Waals surface area (Å²) in [6.45, 7) is 4.05. The van der Waals surface area contributed by atoms with Crippen LogP contribution in [0.2, 0.25) is 0 Å². The zero-order chi connectivity index (χ0) is 11.4.